The van der Waals surface area contributed by atoms with Gasteiger partial charge in [-0.05, 0) is 24.6 Å². The molecule has 2 rings (SSSR count). The zero-order valence-electron chi connectivity index (χ0n) is 10.5. The molecule has 0 fully saturated rings. The second-order valence-corrected chi connectivity index (χ2v) is 5.36. The van der Waals surface area contributed by atoms with Gasteiger partial charge in [0.1, 0.15) is 5.75 Å². The van der Waals surface area contributed by atoms with Crippen LogP contribution in [0.4, 0.5) is 0 Å². The highest BCUT2D eigenvalue weighted by Gasteiger charge is 2.26. The maximum Gasteiger partial charge on any atom is 0.528 e. The highest BCUT2D eigenvalue weighted by molar-refractivity contribution is 7.47. The van der Waals surface area contributed by atoms with Gasteiger partial charge in [0.15, 0.2) is 0 Å². The summed E-state index contributed by atoms with van der Waals surface area (Å²) in [5.41, 5.74) is 0.813. The van der Waals surface area contributed by atoms with Crippen molar-refractivity contribution in [2.24, 2.45) is 0 Å². The summed E-state index contributed by atoms with van der Waals surface area (Å²) in [7, 11) is -4.14. The van der Waals surface area contributed by atoms with Crippen LogP contribution >= 0.6 is 7.82 Å². The van der Waals surface area contributed by atoms with Gasteiger partial charge in [-0.15, -0.1) is 0 Å². The monoisotopic (exact) mass is 278 g/mol. The molecule has 1 N–H and O–H groups in total. The zero-order valence-corrected chi connectivity index (χ0v) is 11.4. The molecule has 0 aliphatic carbocycles. The first kappa shape index (κ1) is 13.8. The van der Waals surface area contributed by atoms with Crippen LogP contribution in [0.15, 0.2) is 60.7 Å². The minimum Gasteiger partial charge on any atom is -0.404 e. The Morgan fingerprint density at radius 3 is 2.11 bits per heavy atom. The minimum absolute atomic E-state index is 0.300. The normalized spacial score (nSPS) is 15.5. The van der Waals surface area contributed by atoms with E-state index in [-0.39, 0.29) is 0 Å². The van der Waals surface area contributed by atoms with Crippen molar-refractivity contribution in [2.75, 3.05) is 0 Å². The van der Waals surface area contributed by atoms with E-state index in [1.54, 1.807) is 37.3 Å². The first-order chi connectivity index (χ1) is 9.07. The van der Waals surface area contributed by atoms with Gasteiger partial charge in [0.25, 0.3) is 0 Å². The van der Waals surface area contributed by atoms with Gasteiger partial charge in [-0.3, -0.25) is 9.42 Å². The lowest BCUT2D eigenvalue weighted by atomic mass is 10.1. The van der Waals surface area contributed by atoms with Crippen LogP contribution in [0, 0.1) is 0 Å². The molecule has 0 radical (unpaired) electrons. The third-order valence-corrected chi connectivity index (χ3v) is 3.55. The van der Waals surface area contributed by atoms with Gasteiger partial charge >= 0.3 is 7.82 Å². The van der Waals surface area contributed by atoms with Gasteiger partial charge in [0.2, 0.25) is 0 Å². The molecule has 5 heteroatoms. The van der Waals surface area contributed by atoms with Crippen molar-refractivity contribution in [3.8, 4) is 5.75 Å². The first-order valence-electron chi connectivity index (χ1n) is 5.87. The van der Waals surface area contributed by atoms with E-state index in [0.717, 1.165) is 5.56 Å². The molecule has 2 atom stereocenters. The summed E-state index contributed by atoms with van der Waals surface area (Å²) in [5, 5.41) is 0. The molecule has 2 unspecified atom stereocenters. The second kappa shape index (κ2) is 6.02. The number of rotatable bonds is 5. The van der Waals surface area contributed by atoms with Crippen LogP contribution < -0.4 is 4.52 Å². The Labute approximate surface area is 112 Å². The molecule has 0 spiro atoms. The summed E-state index contributed by atoms with van der Waals surface area (Å²) in [4.78, 5) is 9.71. The van der Waals surface area contributed by atoms with E-state index in [1.807, 2.05) is 30.3 Å². The van der Waals surface area contributed by atoms with E-state index in [2.05, 4.69) is 0 Å². The van der Waals surface area contributed by atoms with Crippen molar-refractivity contribution in [1.29, 1.82) is 0 Å². The number of hydrogen-bond donors (Lipinski definition) is 1. The van der Waals surface area contributed by atoms with Crippen LogP contribution in [-0.4, -0.2) is 4.89 Å². The van der Waals surface area contributed by atoms with Gasteiger partial charge in [-0.1, -0.05) is 48.5 Å². The van der Waals surface area contributed by atoms with Crippen LogP contribution in [0.25, 0.3) is 0 Å². The lowest BCUT2D eigenvalue weighted by Gasteiger charge is -2.18. The quantitative estimate of drug-likeness (QED) is 0.841. The molecule has 2 aromatic rings. The Morgan fingerprint density at radius 2 is 1.53 bits per heavy atom. The van der Waals surface area contributed by atoms with Crippen molar-refractivity contribution in [2.45, 2.75) is 13.0 Å². The first-order valence-corrected chi connectivity index (χ1v) is 7.37. The summed E-state index contributed by atoms with van der Waals surface area (Å²) < 4.78 is 22.0. The van der Waals surface area contributed by atoms with Gasteiger partial charge in [0.05, 0.1) is 6.10 Å². The predicted molar refractivity (Wildman–Crippen MR) is 72.8 cm³/mol. The maximum absolute atomic E-state index is 11.9. The molecule has 19 heavy (non-hydrogen) atoms. The SMILES string of the molecule is CC(OP(=O)(O)Oc1ccccc1)c1ccccc1. The summed E-state index contributed by atoms with van der Waals surface area (Å²) >= 11 is 0. The predicted octanol–water partition coefficient (Wildman–Crippen LogP) is 3.94. The molecule has 0 saturated carbocycles. The average molecular weight is 278 g/mol. The molecule has 0 heterocycles. The van der Waals surface area contributed by atoms with E-state index < -0.39 is 13.9 Å². The summed E-state index contributed by atoms with van der Waals surface area (Å²) in [6.45, 7) is 1.70. The maximum atomic E-state index is 11.9. The molecule has 0 saturated heterocycles. The van der Waals surface area contributed by atoms with Gasteiger partial charge in [-0.25, -0.2) is 4.57 Å². The van der Waals surface area contributed by atoms with Gasteiger partial charge in [-0.2, -0.15) is 0 Å². The standard InChI is InChI=1S/C14H15O4P/c1-12(13-8-4-2-5-9-13)17-19(15,16)18-14-10-6-3-7-11-14/h2-12H,1H3,(H,15,16). The van der Waals surface area contributed by atoms with E-state index in [9.17, 15) is 9.46 Å². The number of phosphoric ester groups is 1. The van der Waals surface area contributed by atoms with Gasteiger partial charge < -0.3 is 4.52 Å². The van der Waals surface area contributed by atoms with Crippen molar-refractivity contribution in [3.05, 3.63) is 66.2 Å². The lowest BCUT2D eigenvalue weighted by molar-refractivity contribution is 0.151. The molecule has 0 aromatic heterocycles. The number of hydrogen-bond acceptors (Lipinski definition) is 3. The Kier molecular flexibility index (Phi) is 4.38. The highest BCUT2D eigenvalue weighted by atomic mass is 31.2. The Morgan fingerprint density at radius 1 is 1.00 bits per heavy atom. The smallest absolute Gasteiger partial charge is 0.404 e. The topological polar surface area (TPSA) is 55.8 Å². The number of phosphoric acid groups is 1. The number of para-hydroxylation sites is 1. The molecule has 0 amide bonds. The van der Waals surface area contributed by atoms with E-state index in [0.29, 0.717) is 5.75 Å². The highest BCUT2D eigenvalue weighted by Crippen LogP contribution is 2.47. The summed E-state index contributed by atoms with van der Waals surface area (Å²) in [6, 6.07) is 17.6. The largest absolute Gasteiger partial charge is 0.528 e. The Bertz CT molecular complexity index is 556. The van der Waals surface area contributed by atoms with Crippen LogP contribution in [0.3, 0.4) is 0 Å². The Balaban J connectivity index is 2.03. The fourth-order valence-electron chi connectivity index (χ4n) is 1.62. The van der Waals surface area contributed by atoms with E-state index in [4.69, 9.17) is 9.05 Å². The molecular weight excluding hydrogens is 263 g/mol. The summed E-state index contributed by atoms with van der Waals surface area (Å²) in [5.74, 6) is 0.300. The molecule has 100 valence electrons. The minimum atomic E-state index is -4.14. The fourth-order valence-corrected chi connectivity index (χ4v) is 2.57. The second-order valence-electron chi connectivity index (χ2n) is 4.03. The molecule has 2 aromatic carbocycles. The third kappa shape index (κ3) is 4.21. The van der Waals surface area contributed by atoms with Crippen molar-refractivity contribution in [1.82, 2.24) is 0 Å². The van der Waals surface area contributed by atoms with Crippen LogP contribution in [-0.2, 0) is 9.09 Å². The lowest BCUT2D eigenvalue weighted by Crippen LogP contribution is -2.02. The molecule has 0 aliphatic rings. The van der Waals surface area contributed by atoms with Crippen molar-refractivity contribution >= 4 is 7.82 Å². The van der Waals surface area contributed by atoms with E-state index >= 15 is 0 Å². The number of benzene rings is 2. The fraction of sp³-hybridized carbons (Fsp3) is 0.143. The van der Waals surface area contributed by atoms with Crippen molar-refractivity contribution in [3.63, 3.8) is 0 Å². The molecule has 4 nitrogen and oxygen atoms in total. The van der Waals surface area contributed by atoms with Gasteiger partial charge in [0, 0.05) is 0 Å². The third-order valence-electron chi connectivity index (χ3n) is 2.52. The van der Waals surface area contributed by atoms with E-state index in [1.165, 1.54) is 0 Å². The Hall–Kier alpha value is -1.61. The molecule has 0 bridgehead atoms. The average Bonchev–Trinajstić information content (AvgIpc) is 2.39. The van der Waals surface area contributed by atoms with Crippen LogP contribution in [0.5, 0.6) is 5.75 Å². The zero-order chi connectivity index (χ0) is 13.7. The van der Waals surface area contributed by atoms with Crippen molar-refractivity contribution < 1.29 is 18.5 Å². The van der Waals surface area contributed by atoms with Crippen LogP contribution in [0.1, 0.15) is 18.6 Å². The molecular formula is C14H15O4P. The molecule has 0 aliphatic heterocycles. The summed E-state index contributed by atoms with van der Waals surface area (Å²) in [6.07, 6.45) is -0.527. The van der Waals surface area contributed by atoms with Crippen LogP contribution in [0.2, 0.25) is 0 Å².